The van der Waals surface area contributed by atoms with E-state index in [9.17, 15) is 9.59 Å². The van der Waals surface area contributed by atoms with Gasteiger partial charge >= 0.3 is 0 Å². The number of benzene rings is 1. The van der Waals surface area contributed by atoms with Gasteiger partial charge in [-0.2, -0.15) is 0 Å². The average Bonchev–Trinajstić information content (AvgIpc) is 2.72. The minimum absolute atomic E-state index is 0.104. The number of aromatic nitrogens is 1. The van der Waals surface area contributed by atoms with Gasteiger partial charge in [-0.3, -0.25) is 14.6 Å². The lowest BCUT2D eigenvalue weighted by Crippen LogP contribution is -2.48. The van der Waals surface area contributed by atoms with E-state index in [1.54, 1.807) is 11.1 Å². The Bertz CT molecular complexity index is 804. The van der Waals surface area contributed by atoms with Crippen LogP contribution in [0.2, 0.25) is 0 Å². The summed E-state index contributed by atoms with van der Waals surface area (Å²) in [6.07, 6.45) is 3.53. The van der Waals surface area contributed by atoms with Crippen LogP contribution in [0.15, 0.2) is 48.7 Å². The zero-order valence-corrected chi connectivity index (χ0v) is 17.0. The summed E-state index contributed by atoms with van der Waals surface area (Å²) in [5.41, 5.74) is 3.19. The van der Waals surface area contributed by atoms with E-state index >= 15 is 0 Å². The van der Waals surface area contributed by atoms with Crippen molar-refractivity contribution in [3.63, 3.8) is 0 Å². The number of rotatable bonds is 6. The molecule has 1 aliphatic rings. The van der Waals surface area contributed by atoms with E-state index in [4.69, 9.17) is 0 Å². The van der Waals surface area contributed by atoms with E-state index in [1.165, 1.54) is 5.56 Å². The van der Waals surface area contributed by atoms with E-state index < -0.39 is 0 Å². The summed E-state index contributed by atoms with van der Waals surface area (Å²) in [4.78, 5) is 33.8. The molecule has 1 aliphatic heterocycles. The monoisotopic (exact) mass is 379 g/mol. The Labute approximate surface area is 167 Å². The van der Waals surface area contributed by atoms with Crippen LogP contribution in [0.25, 0.3) is 0 Å². The number of hydrogen-bond acceptors (Lipinski definition) is 3. The number of carbonyl (C=O) groups excluding carboxylic acids is 2. The van der Waals surface area contributed by atoms with Gasteiger partial charge in [0, 0.05) is 44.9 Å². The van der Waals surface area contributed by atoms with Gasteiger partial charge in [0.25, 0.3) is 0 Å². The van der Waals surface area contributed by atoms with Crippen molar-refractivity contribution in [2.45, 2.75) is 39.2 Å². The molecule has 148 valence electrons. The second-order valence-electron chi connectivity index (χ2n) is 7.51. The quantitative estimate of drug-likeness (QED) is 0.773. The Morgan fingerprint density at radius 1 is 1.21 bits per heavy atom. The summed E-state index contributed by atoms with van der Waals surface area (Å²) >= 11 is 0. The van der Waals surface area contributed by atoms with Crippen LogP contribution in [0.1, 0.15) is 42.6 Å². The van der Waals surface area contributed by atoms with Crippen LogP contribution in [0.5, 0.6) is 0 Å². The molecule has 3 rings (SSSR count). The molecule has 0 aliphatic carbocycles. The van der Waals surface area contributed by atoms with Crippen LogP contribution in [-0.2, 0) is 16.0 Å². The van der Waals surface area contributed by atoms with Crippen molar-refractivity contribution in [2.24, 2.45) is 5.92 Å². The first-order valence-electron chi connectivity index (χ1n) is 10.0. The Hall–Kier alpha value is -2.69. The number of carbonyl (C=O) groups is 2. The van der Waals surface area contributed by atoms with Crippen LogP contribution >= 0.6 is 0 Å². The number of piperidine rings is 1. The summed E-state index contributed by atoms with van der Waals surface area (Å²) in [5, 5.41) is 0. The minimum atomic E-state index is -0.214. The highest BCUT2D eigenvalue weighted by Crippen LogP contribution is 2.37. The molecule has 2 aromatic rings. The van der Waals surface area contributed by atoms with Crippen molar-refractivity contribution < 1.29 is 9.59 Å². The SMILES string of the molecule is CCN1C(=O)CC[C@@H](C(=O)N(C)CCc2ccccn2)[C@@H]1c1ccc(C)cc1. The molecule has 2 heterocycles. The number of pyridine rings is 1. The second kappa shape index (κ2) is 9.00. The number of amides is 2. The van der Waals surface area contributed by atoms with Gasteiger partial charge in [-0.15, -0.1) is 0 Å². The smallest absolute Gasteiger partial charge is 0.227 e. The predicted octanol–water partition coefficient (Wildman–Crippen LogP) is 3.39. The van der Waals surface area contributed by atoms with Crippen LogP contribution in [0.3, 0.4) is 0 Å². The molecule has 0 bridgehead atoms. The van der Waals surface area contributed by atoms with Crippen LogP contribution in [0.4, 0.5) is 0 Å². The molecule has 1 fully saturated rings. The van der Waals surface area contributed by atoms with Gasteiger partial charge in [0.05, 0.1) is 12.0 Å². The first-order valence-corrected chi connectivity index (χ1v) is 10.0. The van der Waals surface area contributed by atoms with Crippen molar-refractivity contribution in [2.75, 3.05) is 20.1 Å². The molecule has 0 spiro atoms. The molecule has 0 N–H and O–H groups in total. The highest BCUT2D eigenvalue weighted by molar-refractivity contribution is 5.85. The normalized spacial score (nSPS) is 19.5. The standard InChI is InChI=1S/C23H29N3O2/c1-4-26-21(27)13-12-20(22(26)18-10-8-17(2)9-11-18)23(28)25(3)16-14-19-7-5-6-15-24-19/h5-11,15,20,22H,4,12-14,16H2,1-3H3/t20-,22+/m1/s1. The summed E-state index contributed by atoms with van der Waals surface area (Å²) < 4.78 is 0. The van der Waals surface area contributed by atoms with E-state index in [1.807, 2.05) is 44.0 Å². The molecule has 1 saturated heterocycles. The topological polar surface area (TPSA) is 53.5 Å². The maximum atomic E-state index is 13.3. The van der Waals surface area contributed by atoms with E-state index in [0.29, 0.717) is 25.9 Å². The summed E-state index contributed by atoms with van der Waals surface area (Å²) in [6.45, 7) is 5.25. The number of aryl methyl sites for hydroxylation is 1. The molecule has 28 heavy (non-hydrogen) atoms. The van der Waals surface area contributed by atoms with Crippen LogP contribution in [-0.4, -0.2) is 46.7 Å². The van der Waals surface area contributed by atoms with E-state index in [2.05, 4.69) is 29.2 Å². The first-order chi connectivity index (χ1) is 13.5. The number of nitrogens with zero attached hydrogens (tertiary/aromatic N) is 3. The van der Waals surface area contributed by atoms with Gasteiger partial charge in [0.1, 0.15) is 0 Å². The van der Waals surface area contributed by atoms with Crippen molar-refractivity contribution in [3.8, 4) is 0 Å². The fraction of sp³-hybridized carbons (Fsp3) is 0.435. The van der Waals surface area contributed by atoms with Crippen molar-refractivity contribution in [3.05, 3.63) is 65.5 Å². The zero-order chi connectivity index (χ0) is 20.1. The second-order valence-corrected chi connectivity index (χ2v) is 7.51. The maximum Gasteiger partial charge on any atom is 0.227 e. The highest BCUT2D eigenvalue weighted by atomic mass is 16.2. The molecular weight excluding hydrogens is 350 g/mol. The molecule has 2 atom stereocenters. The molecule has 0 radical (unpaired) electrons. The summed E-state index contributed by atoms with van der Waals surface area (Å²) in [6, 6.07) is 13.8. The fourth-order valence-corrected chi connectivity index (χ4v) is 3.98. The molecule has 1 aromatic carbocycles. The lowest BCUT2D eigenvalue weighted by Gasteiger charge is -2.41. The van der Waals surface area contributed by atoms with E-state index in [0.717, 1.165) is 17.7 Å². The molecule has 0 saturated carbocycles. The first kappa shape index (κ1) is 20.1. The number of hydrogen-bond donors (Lipinski definition) is 0. The Morgan fingerprint density at radius 2 is 1.96 bits per heavy atom. The minimum Gasteiger partial charge on any atom is -0.345 e. The van der Waals surface area contributed by atoms with Crippen molar-refractivity contribution >= 4 is 11.8 Å². The zero-order valence-electron chi connectivity index (χ0n) is 17.0. The van der Waals surface area contributed by atoms with Gasteiger partial charge in [-0.1, -0.05) is 35.9 Å². The number of likely N-dealkylation sites (N-methyl/N-ethyl adjacent to an activating group) is 1. The molecular formula is C23H29N3O2. The van der Waals surface area contributed by atoms with Gasteiger partial charge in [0.15, 0.2) is 0 Å². The van der Waals surface area contributed by atoms with Crippen LogP contribution < -0.4 is 0 Å². The molecule has 0 unspecified atom stereocenters. The van der Waals surface area contributed by atoms with Gasteiger partial charge < -0.3 is 9.80 Å². The fourth-order valence-electron chi connectivity index (χ4n) is 3.98. The Morgan fingerprint density at radius 3 is 2.61 bits per heavy atom. The maximum absolute atomic E-state index is 13.3. The summed E-state index contributed by atoms with van der Waals surface area (Å²) in [7, 11) is 1.85. The molecule has 5 heteroatoms. The predicted molar refractivity (Wildman–Crippen MR) is 110 cm³/mol. The van der Waals surface area contributed by atoms with Crippen LogP contribution in [0, 0.1) is 12.8 Å². The van der Waals surface area contributed by atoms with Crippen molar-refractivity contribution in [1.29, 1.82) is 0 Å². The highest BCUT2D eigenvalue weighted by Gasteiger charge is 2.40. The lowest BCUT2D eigenvalue weighted by molar-refractivity contribution is -0.147. The third-order valence-corrected chi connectivity index (χ3v) is 5.59. The van der Waals surface area contributed by atoms with E-state index in [-0.39, 0.29) is 23.8 Å². The molecule has 1 aromatic heterocycles. The average molecular weight is 380 g/mol. The largest absolute Gasteiger partial charge is 0.345 e. The Balaban J connectivity index is 1.79. The summed E-state index contributed by atoms with van der Waals surface area (Å²) in [5.74, 6) is 0.0230. The van der Waals surface area contributed by atoms with Gasteiger partial charge in [-0.25, -0.2) is 0 Å². The molecule has 2 amide bonds. The lowest BCUT2D eigenvalue weighted by atomic mass is 9.83. The van der Waals surface area contributed by atoms with Crippen molar-refractivity contribution in [1.82, 2.24) is 14.8 Å². The third kappa shape index (κ3) is 4.41. The van der Waals surface area contributed by atoms with Gasteiger partial charge in [-0.05, 0) is 38.0 Å². The third-order valence-electron chi connectivity index (χ3n) is 5.59. The number of likely N-dealkylation sites (tertiary alicyclic amines) is 1. The van der Waals surface area contributed by atoms with Gasteiger partial charge in [0.2, 0.25) is 11.8 Å². The molecule has 5 nitrogen and oxygen atoms in total. The Kier molecular flexibility index (Phi) is 6.45.